The van der Waals surface area contributed by atoms with E-state index < -0.39 is 0 Å². The van der Waals surface area contributed by atoms with Gasteiger partial charge in [-0.3, -0.25) is 0 Å². The summed E-state index contributed by atoms with van der Waals surface area (Å²) in [6.07, 6.45) is 0. The monoisotopic (exact) mass is 1930 g/mol. The smallest absolute Gasteiger partial charge is 0.164 e. The molecule has 0 aliphatic carbocycles. The van der Waals surface area contributed by atoms with Crippen LogP contribution in [-0.4, -0.2) is 89.7 Å². The predicted octanol–water partition coefficient (Wildman–Crippen LogP) is 31.8. The number of hydrogen-bond donors (Lipinski definition) is 0. The van der Waals surface area contributed by atoms with Gasteiger partial charge in [0.1, 0.15) is 0 Å². The lowest BCUT2D eigenvalue weighted by Crippen LogP contribution is -1.94. The van der Waals surface area contributed by atoms with Gasteiger partial charge in [0.15, 0.2) is 103 Å². The molecule has 0 N–H and O–H groups in total. The molecule has 18 nitrogen and oxygen atoms in total. The first-order chi connectivity index (χ1) is 73.6. The molecule has 0 saturated carbocycles. The molecule has 708 valence electrons. The van der Waals surface area contributed by atoms with Crippen LogP contribution >= 0.6 is 0 Å². The Morgan fingerprint density at radius 1 is 0.0800 bits per heavy atom. The van der Waals surface area contributed by atoms with Gasteiger partial charge in [-0.15, -0.1) is 0 Å². The van der Waals surface area contributed by atoms with E-state index in [4.69, 9.17) is 89.7 Å². The van der Waals surface area contributed by atoms with Gasteiger partial charge in [-0.2, -0.15) is 0 Å². The molecule has 36 bridgehead atoms. The fraction of sp³-hybridized carbons (Fsp3) is 0.0455. The highest BCUT2D eigenvalue weighted by Gasteiger charge is 2.17. The van der Waals surface area contributed by atoms with Crippen LogP contribution in [0.25, 0.3) is 265 Å². The van der Waals surface area contributed by atoms with Crippen LogP contribution in [0.1, 0.15) is 33.4 Å². The third kappa shape index (κ3) is 19.2. The van der Waals surface area contributed by atoms with E-state index >= 15 is 0 Å². The van der Waals surface area contributed by atoms with Crippen LogP contribution in [0.15, 0.2) is 437 Å². The molecule has 150 heavy (non-hydrogen) atoms. The quantitative estimate of drug-likeness (QED) is 0.151. The molecular formula is C132H90N18. The highest BCUT2D eigenvalue weighted by molar-refractivity contribution is 5.99. The lowest BCUT2D eigenvalue weighted by molar-refractivity contribution is 1.18. The molecule has 25 aromatic heterocycles. The Kier molecular flexibility index (Phi) is 23.9. The molecule has 0 aliphatic rings. The normalized spacial score (nSPS) is 11.4. The van der Waals surface area contributed by atoms with E-state index in [9.17, 15) is 0 Å². The molecule has 0 aliphatic heterocycles. The number of aromatic nitrogens is 18. The first-order valence-electron chi connectivity index (χ1n) is 49.8. The lowest BCUT2D eigenvalue weighted by atomic mass is 10.1. The molecule has 43 rings (SSSR count). The Hall–Kier alpha value is -20.0. The van der Waals surface area contributed by atoms with Crippen molar-refractivity contribution >= 4 is 197 Å². The molecule has 0 saturated heterocycles. The van der Waals surface area contributed by atoms with Crippen molar-refractivity contribution in [2.45, 2.75) is 41.5 Å². The van der Waals surface area contributed by atoms with Gasteiger partial charge in [-0.05, 0) is 106 Å². The second-order valence-electron chi connectivity index (χ2n) is 38.0. The molecule has 18 heteroatoms. The Morgan fingerprint density at radius 3 is 0.233 bits per heavy atom. The molecule has 0 amide bonds. The van der Waals surface area contributed by atoms with Gasteiger partial charge < -0.3 is 0 Å². The van der Waals surface area contributed by atoms with Crippen LogP contribution in [0.4, 0.5) is 0 Å². The SMILES string of the molecule is Cc1ccc(-c2nc3nc(n2)c2ccc(cc2)c2ccc(cc2)c2nc(-c4ccc(C)cc4)nc(n2)c2ccc(cc2)c2ccc(cc2)c2nc(-c4ccc(C)cc4)nc(n2)c2ccc(cc2)c2ccc(cc2)c2nc(-c4ccc(C)cc4)nc(n2)c2ccc(cc2)c2ccc(cc2)c2nc(-c4ccc(C)cc4)nc(n2)c2ccc(cc2)c2ccc(cc2)c2nc(-c4ccc(C)cc4)nc(n2)c2ccc(cc2)c2ccc3cc2)cc1. The van der Waals surface area contributed by atoms with Crippen molar-refractivity contribution in [2.24, 2.45) is 0 Å². The van der Waals surface area contributed by atoms with Crippen LogP contribution in [0, 0.1) is 41.5 Å². The number of rotatable bonds is 6. The number of hydrogen-bond acceptors (Lipinski definition) is 18. The maximum atomic E-state index is 5.19. The zero-order valence-electron chi connectivity index (χ0n) is 82.6. The molecule has 0 fully saturated rings. The Morgan fingerprint density at radius 2 is 0.153 bits per heavy atom. The summed E-state index contributed by atoms with van der Waals surface area (Å²) < 4.78 is 0. The molecule has 0 spiro atoms. The standard InChI is InChI=1S/C132H90N18/c1-79-7-19-97(20-8-79)115-133-121-103-55-31-85(32-56-103)87-35-59-105(60-36-87)123-135-116(98-21-9-80(2)10-22-98)137-125(146-123)107-63-39-89(40-64-107)91-43-67-109(68-44-91)127-139-118(100-25-13-82(4)14-26-100)141-129(148-127)111-71-47-93(48-72-111)95-51-75-113(76-52-95)131-143-120(102-29-17-84(6)18-30-102)144-132(150-131)114-77-53-96(54-78-114)94-49-73-112(74-50-94)130-142-119(101-27-15-83(5)16-28-101)140-128(149-130)110-69-45-92(46-70-110)90-41-65-108(66-42-90)126-138-117(99-23-11-81(3)12-24-99)136-124(147-126)106-61-37-88(38-62-106)86-33-57-104(58-34-86)122(134-115)145-121/h7-78H,1-6H3. The maximum absolute atomic E-state index is 5.19. The van der Waals surface area contributed by atoms with Gasteiger partial charge in [0.2, 0.25) is 0 Å². The van der Waals surface area contributed by atoms with Crippen LogP contribution in [-0.2, 0) is 0 Å². The van der Waals surface area contributed by atoms with E-state index in [1.54, 1.807) is 0 Å². The van der Waals surface area contributed by atoms with Crippen LogP contribution in [0.5, 0.6) is 0 Å². The van der Waals surface area contributed by atoms with Gasteiger partial charge in [0.05, 0.1) is 0 Å². The second kappa shape index (κ2) is 39.3. The van der Waals surface area contributed by atoms with E-state index in [1.165, 1.54) is 0 Å². The van der Waals surface area contributed by atoms with Gasteiger partial charge >= 0.3 is 0 Å². The molecule has 0 unspecified atom stereocenters. The summed E-state index contributed by atoms with van der Waals surface area (Å²) in [7, 11) is 0. The van der Waals surface area contributed by atoms with E-state index in [0.717, 1.165) is 196 Å². The fourth-order valence-corrected chi connectivity index (χ4v) is 18.5. The second-order valence-corrected chi connectivity index (χ2v) is 38.0. The Labute approximate surface area is 861 Å². The number of nitrogens with zero attached hydrogens (tertiary/aromatic N) is 18. The summed E-state index contributed by atoms with van der Waals surface area (Å²) in [5.41, 5.74) is 18.8. The van der Waals surface area contributed by atoms with E-state index in [-0.39, 0.29) is 0 Å². The van der Waals surface area contributed by atoms with Crippen LogP contribution < -0.4 is 0 Å². The van der Waals surface area contributed by atoms with Gasteiger partial charge in [0.25, 0.3) is 0 Å². The molecule has 0 radical (unpaired) electrons. The number of benzene rings is 18. The summed E-state index contributed by atoms with van der Waals surface area (Å²) in [5, 5.41) is 22.3. The van der Waals surface area contributed by atoms with Gasteiger partial charge in [0, 0.05) is 98.0 Å². The average molecular weight is 1930 g/mol. The van der Waals surface area contributed by atoms with Crippen molar-refractivity contribution in [1.82, 2.24) is 89.7 Å². The lowest BCUT2D eigenvalue weighted by Gasteiger charge is -2.04. The zero-order valence-corrected chi connectivity index (χ0v) is 82.6. The van der Waals surface area contributed by atoms with Crippen molar-refractivity contribution < 1.29 is 0 Å². The summed E-state index contributed by atoms with van der Waals surface area (Å²) in [6, 6.07) is 150. The van der Waals surface area contributed by atoms with Crippen molar-refractivity contribution in [3.63, 3.8) is 0 Å². The van der Waals surface area contributed by atoms with Gasteiger partial charge in [-0.25, -0.2) is 89.7 Å². The summed E-state index contributed by atoms with van der Waals surface area (Å²) in [4.78, 5) is 92.8. The van der Waals surface area contributed by atoms with E-state index in [2.05, 4.69) is 478 Å². The zero-order chi connectivity index (χ0) is 101. The molecule has 43 aromatic rings. The van der Waals surface area contributed by atoms with Crippen molar-refractivity contribution in [2.75, 3.05) is 0 Å². The number of aryl methyl sites for hydroxylation is 6. The summed E-state index contributed by atoms with van der Waals surface area (Å²) in [6.45, 7) is 12.5. The van der Waals surface area contributed by atoms with Crippen molar-refractivity contribution in [3.8, 4) is 68.3 Å². The first kappa shape index (κ1) is 91.2. The molecule has 25 heterocycles. The predicted molar refractivity (Wildman–Crippen MR) is 615 cm³/mol. The largest absolute Gasteiger partial charge is 0.208 e. The summed E-state index contributed by atoms with van der Waals surface area (Å²) >= 11 is 0. The van der Waals surface area contributed by atoms with E-state index in [0.29, 0.717) is 103 Å². The minimum atomic E-state index is 0.553. The van der Waals surface area contributed by atoms with Crippen LogP contribution in [0.3, 0.4) is 0 Å². The maximum Gasteiger partial charge on any atom is 0.164 e. The topological polar surface area (TPSA) is 232 Å². The molecule has 18 aromatic carbocycles. The fourth-order valence-electron chi connectivity index (χ4n) is 18.5. The highest BCUT2D eigenvalue weighted by atomic mass is 15.1. The highest BCUT2D eigenvalue weighted by Crippen LogP contribution is 2.34. The van der Waals surface area contributed by atoms with Crippen LogP contribution in [0.2, 0.25) is 0 Å². The van der Waals surface area contributed by atoms with E-state index in [1.807, 2.05) is 0 Å². The Balaban J connectivity index is 0.618. The van der Waals surface area contributed by atoms with Crippen molar-refractivity contribution in [3.05, 3.63) is 470 Å². The van der Waals surface area contributed by atoms with Gasteiger partial charge in [-0.1, -0.05) is 470 Å². The third-order valence-electron chi connectivity index (χ3n) is 27.4. The van der Waals surface area contributed by atoms with Crippen molar-refractivity contribution in [1.29, 1.82) is 0 Å². The third-order valence-corrected chi connectivity index (χ3v) is 27.4. The minimum Gasteiger partial charge on any atom is -0.208 e. The first-order valence-corrected chi connectivity index (χ1v) is 49.8. The molecule has 0 atom stereocenters. The average Bonchev–Trinajstić information content (AvgIpc) is 0.799. The Bertz CT molecular complexity index is 8320. The minimum absolute atomic E-state index is 0.553. The summed E-state index contributed by atoms with van der Waals surface area (Å²) in [5.74, 6) is 3.43. The molecular weight excluding hydrogens is 1840 g/mol.